The Kier molecular flexibility index (Phi) is 5.32. The van der Waals surface area contributed by atoms with E-state index in [1.165, 1.54) is 0 Å². The first-order valence-electron chi connectivity index (χ1n) is 5.42. The number of benzene rings is 1. The average Bonchev–Trinajstić information content (AvgIpc) is 2.22. The molecular weight excluding hydrogens is 220 g/mol. The molecule has 3 N–H and O–H groups in total. The fourth-order valence-corrected chi connectivity index (χ4v) is 1.60. The van der Waals surface area contributed by atoms with Gasteiger partial charge in [0.2, 0.25) is 0 Å². The Hall–Kier alpha value is -1.03. The zero-order valence-corrected chi connectivity index (χ0v) is 10.9. The lowest BCUT2D eigenvalue weighted by Gasteiger charge is -2.14. The normalized spacial score (nSPS) is 10.5. The maximum Gasteiger partial charge on any atom is 0.144 e. The van der Waals surface area contributed by atoms with Crippen LogP contribution in [0.4, 0.5) is 11.4 Å². The Bertz CT molecular complexity index is 329. The summed E-state index contributed by atoms with van der Waals surface area (Å²) in [4.78, 5) is 0. The van der Waals surface area contributed by atoms with Crippen LogP contribution in [0, 0.1) is 0 Å². The van der Waals surface area contributed by atoms with Crippen LogP contribution in [0.15, 0.2) is 18.2 Å². The molecule has 0 unspecified atom stereocenters. The molecular formula is C12H20N2OS. The third-order valence-corrected chi connectivity index (χ3v) is 2.62. The number of rotatable bonds is 6. The quantitative estimate of drug-likeness (QED) is 0.593. The first-order valence-corrected chi connectivity index (χ1v) is 6.82. The second kappa shape index (κ2) is 6.53. The molecule has 0 radical (unpaired) electrons. The Labute approximate surface area is 102 Å². The summed E-state index contributed by atoms with van der Waals surface area (Å²) in [5, 5.41) is 3.33. The average molecular weight is 240 g/mol. The Morgan fingerprint density at radius 3 is 2.81 bits per heavy atom. The van der Waals surface area contributed by atoms with E-state index in [4.69, 9.17) is 10.5 Å². The van der Waals surface area contributed by atoms with Gasteiger partial charge in [-0.3, -0.25) is 0 Å². The van der Waals surface area contributed by atoms with Gasteiger partial charge in [0.25, 0.3) is 0 Å². The van der Waals surface area contributed by atoms with Crippen molar-refractivity contribution >= 4 is 23.1 Å². The van der Waals surface area contributed by atoms with Crippen LogP contribution in [0.25, 0.3) is 0 Å². The van der Waals surface area contributed by atoms with Gasteiger partial charge >= 0.3 is 0 Å². The van der Waals surface area contributed by atoms with Gasteiger partial charge < -0.3 is 15.8 Å². The van der Waals surface area contributed by atoms with E-state index in [2.05, 4.69) is 11.6 Å². The summed E-state index contributed by atoms with van der Waals surface area (Å²) in [6.07, 6.45) is 2.24. The van der Waals surface area contributed by atoms with E-state index in [1.54, 1.807) is 0 Å². The predicted octanol–water partition coefficient (Wildman–Crippen LogP) is 2.83. The van der Waals surface area contributed by atoms with Gasteiger partial charge in [-0.15, -0.1) is 0 Å². The Balaban J connectivity index is 2.65. The summed E-state index contributed by atoms with van der Waals surface area (Å²) in [5.41, 5.74) is 7.57. The van der Waals surface area contributed by atoms with Gasteiger partial charge in [-0.25, -0.2) is 0 Å². The minimum Gasteiger partial charge on any atom is -0.489 e. The lowest BCUT2D eigenvalue weighted by atomic mass is 10.2. The fourth-order valence-electron chi connectivity index (χ4n) is 1.30. The molecule has 1 aromatic rings. The van der Waals surface area contributed by atoms with E-state index < -0.39 is 0 Å². The van der Waals surface area contributed by atoms with Crippen LogP contribution >= 0.6 is 11.8 Å². The van der Waals surface area contributed by atoms with Crippen molar-refractivity contribution in [3.8, 4) is 5.75 Å². The van der Waals surface area contributed by atoms with Gasteiger partial charge in [0.15, 0.2) is 0 Å². The zero-order chi connectivity index (χ0) is 12.0. The molecule has 1 aromatic carbocycles. The molecule has 0 bridgehead atoms. The second-order valence-corrected chi connectivity index (χ2v) is 4.82. The minimum absolute atomic E-state index is 0.142. The Morgan fingerprint density at radius 2 is 2.19 bits per heavy atom. The third-order valence-electron chi connectivity index (χ3n) is 2.01. The highest BCUT2D eigenvalue weighted by molar-refractivity contribution is 7.98. The molecule has 0 spiro atoms. The zero-order valence-electron chi connectivity index (χ0n) is 10.1. The minimum atomic E-state index is 0.142. The van der Waals surface area contributed by atoms with Gasteiger partial charge in [-0.05, 0) is 32.2 Å². The van der Waals surface area contributed by atoms with Gasteiger partial charge in [0, 0.05) is 24.1 Å². The SMILES string of the molecule is CSCCNc1ccc(N)c(OC(C)C)c1. The molecule has 0 heterocycles. The third kappa shape index (κ3) is 4.23. The lowest BCUT2D eigenvalue weighted by Crippen LogP contribution is -2.09. The second-order valence-electron chi connectivity index (χ2n) is 3.84. The molecule has 0 saturated heterocycles. The van der Waals surface area contributed by atoms with Gasteiger partial charge in [0.1, 0.15) is 5.75 Å². The number of ether oxygens (including phenoxy) is 1. The van der Waals surface area contributed by atoms with Gasteiger partial charge in [-0.1, -0.05) is 0 Å². The van der Waals surface area contributed by atoms with E-state index in [0.29, 0.717) is 5.69 Å². The van der Waals surface area contributed by atoms with Crippen molar-refractivity contribution in [2.45, 2.75) is 20.0 Å². The summed E-state index contributed by atoms with van der Waals surface area (Å²) < 4.78 is 5.62. The van der Waals surface area contributed by atoms with E-state index in [0.717, 1.165) is 23.7 Å². The highest BCUT2D eigenvalue weighted by Gasteiger charge is 2.04. The van der Waals surface area contributed by atoms with Crippen molar-refractivity contribution in [3.63, 3.8) is 0 Å². The number of thioether (sulfide) groups is 1. The number of hydrogen-bond donors (Lipinski definition) is 2. The summed E-state index contributed by atoms with van der Waals surface area (Å²) >= 11 is 1.82. The van der Waals surface area contributed by atoms with Crippen LogP contribution in [0.1, 0.15) is 13.8 Å². The molecule has 0 aromatic heterocycles. The molecule has 0 amide bonds. The highest BCUT2D eigenvalue weighted by Crippen LogP contribution is 2.26. The fraction of sp³-hybridized carbons (Fsp3) is 0.500. The van der Waals surface area contributed by atoms with Crippen LogP contribution in [0.5, 0.6) is 5.75 Å². The molecule has 0 aliphatic heterocycles. The number of nitrogen functional groups attached to an aromatic ring is 1. The van der Waals surface area contributed by atoms with Gasteiger partial charge in [-0.2, -0.15) is 11.8 Å². The summed E-state index contributed by atoms with van der Waals surface area (Å²) in [5.74, 6) is 1.84. The highest BCUT2D eigenvalue weighted by atomic mass is 32.2. The van der Waals surface area contributed by atoms with E-state index in [-0.39, 0.29) is 6.10 Å². The van der Waals surface area contributed by atoms with Crippen molar-refractivity contribution in [1.29, 1.82) is 0 Å². The van der Waals surface area contributed by atoms with E-state index in [1.807, 2.05) is 43.8 Å². The maximum atomic E-state index is 5.84. The van der Waals surface area contributed by atoms with Crippen molar-refractivity contribution in [2.24, 2.45) is 0 Å². The molecule has 4 heteroatoms. The van der Waals surface area contributed by atoms with Crippen LogP contribution in [0.2, 0.25) is 0 Å². The molecule has 3 nitrogen and oxygen atoms in total. The summed E-state index contributed by atoms with van der Waals surface area (Å²) in [7, 11) is 0. The monoisotopic (exact) mass is 240 g/mol. The van der Waals surface area contributed by atoms with Crippen molar-refractivity contribution < 1.29 is 4.74 Å². The van der Waals surface area contributed by atoms with Crippen molar-refractivity contribution in [2.75, 3.05) is 29.6 Å². The van der Waals surface area contributed by atoms with E-state index >= 15 is 0 Å². The van der Waals surface area contributed by atoms with Crippen LogP contribution in [0.3, 0.4) is 0 Å². The Morgan fingerprint density at radius 1 is 1.44 bits per heavy atom. The standard InChI is InChI=1S/C12H20N2OS/c1-9(2)15-12-8-10(4-5-11(12)13)14-6-7-16-3/h4-5,8-9,14H,6-7,13H2,1-3H3. The van der Waals surface area contributed by atoms with Crippen molar-refractivity contribution in [1.82, 2.24) is 0 Å². The smallest absolute Gasteiger partial charge is 0.144 e. The molecule has 0 atom stereocenters. The van der Waals surface area contributed by atoms with Crippen molar-refractivity contribution in [3.05, 3.63) is 18.2 Å². The first kappa shape index (κ1) is 13.0. The molecule has 1 rings (SSSR count). The molecule has 90 valence electrons. The number of hydrogen-bond acceptors (Lipinski definition) is 4. The molecule has 16 heavy (non-hydrogen) atoms. The molecule has 0 aliphatic carbocycles. The van der Waals surface area contributed by atoms with Crippen LogP contribution in [-0.4, -0.2) is 24.7 Å². The van der Waals surface area contributed by atoms with E-state index in [9.17, 15) is 0 Å². The molecule has 0 aliphatic rings. The molecule has 0 fully saturated rings. The van der Waals surface area contributed by atoms with Crippen LogP contribution < -0.4 is 15.8 Å². The lowest BCUT2D eigenvalue weighted by molar-refractivity contribution is 0.244. The largest absolute Gasteiger partial charge is 0.489 e. The number of nitrogens with two attached hydrogens (primary N) is 1. The number of nitrogens with one attached hydrogen (secondary N) is 1. The number of anilines is 2. The molecule has 0 saturated carbocycles. The van der Waals surface area contributed by atoms with Crippen LogP contribution in [-0.2, 0) is 0 Å². The maximum absolute atomic E-state index is 5.84. The first-order chi connectivity index (χ1) is 7.63. The predicted molar refractivity (Wildman–Crippen MR) is 73.5 cm³/mol. The topological polar surface area (TPSA) is 47.3 Å². The summed E-state index contributed by atoms with van der Waals surface area (Å²) in [6, 6.07) is 5.80. The van der Waals surface area contributed by atoms with Gasteiger partial charge in [0.05, 0.1) is 11.8 Å². The summed E-state index contributed by atoms with van der Waals surface area (Å²) in [6.45, 7) is 4.94.